The molecule has 0 bridgehead atoms. The quantitative estimate of drug-likeness (QED) is 0.392. The van der Waals surface area contributed by atoms with E-state index < -0.39 is 0 Å². The topological polar surface area (TPSA) is 35.5 Å². The van der Waals surface area contributed by atoms with E-state index in [9.17, 15) is 4.79 Å². The van der Waals surface area contributed by atoms with Crippen molar-refractivity contribution in [3.8, 4) is 5.75 Å². The van der Waals surface area contributed by atoms with Crippen molar-refractivity contribution in [1.29, 1.82) is 0 Å². The zero-order chi connectivity index (χ0) is 22.0. The van der Waals surface area contributed by atoms with Gasteiger partial charge in [0.2, 0.25) is 0 Å². The molecule has 0 aromatic heterocycles. The first-order valence-electron chi connectivity index (χ1n) is 9.72. The van der Waals surface area contributed by atoms with Crippen molar-refractivity contribution in [1.82, 2.24) is 0 Å². The molecule has 1 aliphatic rings. The second kappa shape index (κ2) is 9.01. The van der Waals surface area contributed by atoms with Gasteiger partial charge in [-0.25, -0.2) is 4.79 Å². The summed E-state index contributed by atoms with van der Waals surface area (Å²) in [5.41, 5.74) is 6.85. The van der Waals surface area contributed by atoms with Crippen LogP contribution >= 0.6 is 23.2 Å². The van der Waals surface area contributed by atoms with Gasteiger partial charge in [0.25, 0.3) is 0 Å². The van der Waals surface area contributed by atoms with Crippen molar-refractivity contribution < 1.29 is 14.3 Å². The van der Waals surface area contributed by atoms with E-state index in [4.69, 9.17) is 32.7 Å². The van der Waals surface area contributed by atoms with Crippen molar-refractivity contribution >= 4 is 40.8 Å². The Hall–Kier alpha value is -3.01. The molecule has 3 aromatic carbocycles. The van der Waals surface area contributed by atoms with Crippen molar-refractivity contribution in [3.05, 3.63) is 111 Å². The first-order chi connectivity index (χ1) is 14.9. The van der Waals surface area contributed by atoms with Crippen molar-refractivity contribution in [2.45, 2.75) is 13.0 Å². The van der Waals surface area contributed by atoms with Crippen molar-refractivity contribution in [2.24, 2.45) is 0 Å². The highest BCUT2D eigenvalue weighted by molar-refractivity contribution is 6.34. The summed E-state index contributed by atoms with van der Waals surface area (Å²) in [4.78, 5) is 11.5. The molecule has 0 unspecified atom stereocenters. The van der Waals surface area contributed by atoms with Gasteiger partial charge < -0.3 is 9.47 Å². The lowest BCUT2D eigenvalue weighted by Crippen LogP contribution is -2.02. The highest BCUT2D eigenvalue weighted by Gasteiger charge is 2.20. The summed E-state index contributed by atoms with van der Waals surface area (Å²) in [7, 11) is 1.37. The molecule has 31 heavy (non-hydrogen) atoms. The number of carbonyl (C=O) groups is 1. The van der Waals surface area contributed by atoms with Crippen LogP contribution in [0.5, 0.6) is 5.75 Å². The summed E-state index contributed by atoms with van der Waals surface area (Å²) < 4.78 is 10.7. The van der Waals surface area contributed by atoms with E-state index in [-0.39, 0.29) is 5.97 Å². The number of benzene rings is 3. The first-order valence-corrected chi connectivity index (χ1v) is 10.5. The van der Waals surface area contributed by atoms with Crippen molar-refractivity contribution in [3.63, 3.8) is 0 Å². The largest absolute Gasteiger partial charge is 0.489 e. The third-order valence-corrected chi connectivity index (χ3v) is 5.61. The smallest absolute Gasteiger partial charge is 0.337 e. The predicted molar refractivity (Wildman–Crippen MR) is 126 cm³/mol. The second-order valence-corrected chi connectivity index (χ2v) is 8.20. The maximum Gasteiger partial charge on any atom is 0.337 e. The minimum absolute atomic E-state index is 0.352. The summed E-state index contributed by atoms with van der Waals surface area (Å²) in [6.07, 6.45) is 2.84. The Morgan fingerprint density at radius 3 is 2.42 bits per heavy atom. The minimum atomic E-state index is -0.352. The highest BCUT2D eigenvalue weighted by Crippen LogP contribution is 2.38. The Kier molecular flexibility index (Phi) is 6.17. The van der Waals surface area contributed by atoms with Gasteiger partial charge in [0.05, 0.1) is 12.7 Å². The molecule has 0 heterocycles. The molecule has 0 radical (unpaired) electrons. The second-order valence-electron chi connectivity index (χ2n) is 7.32. The molecule has 4 rings (SSSR count). The molecule has 3 aromatic rings. The molecule has 5 heteroatoms. The predicted octanol–water partition coefficient (Wildman–Crippen LogP) is 7.01. The van der Waals surface area contributed by atoms with Crippen molar-refractivity contribution in [2.75, 3.05) is 7.11 Å². The van der Waals surface area contributed by atoms with E-state index in [1.807, 2.05) is 36.4 Å². The van der Waals surface area contributed by atoms with Gasteiger partial charge in [0, 0.05) is 10.0 Å². The van der Waals surface area contributed by atoms with E-state index in [1.165, 1.54) is 12.7 Å². The third-order valence-electron chi connectivity index (χ3n) is 5.18. The molecule has 0 saturated heterocycles. The van der Waals surface area contributed by atoms with E-state index in [2.05, 4.69) is 18.7 Å². The number of esters is 1. The number of hydrogen-bond acceptors (Lipinski definition) is 3. The number of methoxy groups -OCH3 is 1. The number of carbonyl (C=O) groups excluding carboxylic acids is 1. The van der Waals surface area contributed by atoms with E-state index in [0.29, 0.717) is 22.2 Å². The Morgan fingerprint density at radius 2 is 1.74 bits per heavy atom. The first kappa shape index (κ1) is 21.2. The van der Waals surface area contributed by atoms with Gasteiger partial charge in [0.1, 0.15) is 12.4 Å². The lowest BCUT2D eigenvalue weighted by Gasteiger charge is -2.09. The molecule has 0 N–H and O–H groups in total. The normalized spacial score (nSPS) is 13.9. The highest BCUT2D eigenvalue weighted by atomic mass is 35.5. The lowest BCUT2D eigenvalue weighted by molar-refractivity contribution is 0.0600. The van der Waals surface area contributed by atoms with Gasteiger partial charge in [-0.2, -0.15) is 0 Å². The number of rotatable bonds is 5. The van der Waals surface area contributed by atoms with E-state index >= 15 is 0 Å². The molecule has 3 nitrogen and oxygen atoms in total. The summed E-state index contributed by atoms with van der Waals surface area (Å²) in [5, 5.41) is 1.21. The lowest BCUT2D eigenvalue weighted by atomic mass is 10.0. The monoisotopic (exact) mass is 450 g/mol. The van der Waals surface area contributed by atoms with Gasteiger partial charge in [0.15, 0.2) is 0 Å². The maximum absolute atomic E-state index is 11.5. The Labute approximate surface area is 191 Å². The van der Waals surface area contributed by atoms with Crippen LogP contribution in [0.2, 0.25) is 10.0 Å². The molecule has 156 valence electrons. The summed E-state index contributed by atoms with van der Waals surface area (Å²) in [6, 6.07) is 18.7. The van der Waals surface area contributed by atoms with Crippen LogP contribution in [-0.2, 0) is 17.8 Å². The van der Waals surface area contributed by atoms with Crippen LogP contribution in [-0.4, -0.2) is 13.1 Å². The number of allylic oxidation sites excluding steroid dienone is 2. The van der Waals surface area contributed by atoms with Crippen LogP contribution in [0.4, 0.5) is 0 Å². The zero-order valence-electron chi connectivity index (χ0n) is 17.0. The average molecular weight is 451 g/mol. The number of ether oxygens (including phenoxy) is 2. The van der Waals surface area contributed by atoms with Crippen LogP contribution in [0.3, 0.4) is 0 Å². The molecule has 0 spiro atoms. The fourth-order valence-electron chi connectivity index (χ4n) is 3.60. The molecule has 0 atom stereocenters. The van der Waals surface area contributed by atoms with Crippen LogP contribution in [0, 0.1) is 0 Å². The van der Waals surface area contributed by atoms with Crippen LogP contribution < -0.4 is 4.74 Å². The van der Waals surface area contributed by atoms with Gasteiger partial charge in [-0.1, -0.05) is 54.1 Å². The molecule has 0 fully saturated rings. The Morgan fingerprint density at radius 1 is 1.03 bits per heavy atom. The van der Waals surface area contributed by atoms with Gasteiger partial charge in [-0.3, -0.25) is 0 Å². The molecule has 0 amide bonds. The summed E-state index contributed by atoms with van der Waals surface area (Å²) in [5.74, 6) is 0.436. The minimum Gasteiger partial charge on any atom is -0.489 e. The standard InChI is InChI=1S/C26H20Cl2O3/c1-16-20(9-18-10-22(27)14-23(28)11-18)12-21-13-24(7-8-25(16)21)31-15-17-3-5-19(6-4-17)26(29)30-2/h3-11,13-14H,1,12,15H2,2H3/b20-9+. The van der Waals surface area contributed by atoms with Crippen LogP contribution in [0.1, 0.15) is 32.6 Å². The number of halogens is 2. The molecule has 0 saturated carbocycles. The fraction of sp³-hybridized carbons (Fsp3) is 0.115. The molecular weight excluding hydrogens is 431 g/mol. The van der Waals surface area contributed by atoms with Gasteiger partial charge in [-0.05, 0) is 82.3 Å². The van der Waals surface area contributed by atoms with Gasteiger partial charge >= 0.3 is 5.97 Å². The van der Waals surface area contributed by atoms with Crippen LogP contribution in [0.25, 0.3) is 11.6 Å². The maximum atomic E-state index is 11.5. The van der Waals surface area contributed by atoms with E-state index in [0.717, 1.165) is 40.0 Å². The summed E-state index contributed by atoms with van der Waals surface area (Å²) in [6.45, 7) is 4.67. The van der Waals surface area contributed by atoms with Crippen LogP contribution in [0.15, 0.2) is 72.8 Å². The zero-order valence-corrected chi connectivity index (χ0v) is 18.5. The summed E-state index contributed by atoms with van der Waals surface area (Å²) >= 11 is 12.2. The fourth-order valence-corrected chi connectivity index (χ4v) is 4.15. The molecule has 1 aliphatic carbocycles. The SMILES string of the molecule is C=C1/C(=C/c2cc(Cl)cc(Cl)c2)Cc2cc(OCc3ccc(C(=O)OC)cc3)ccc21. The Balaban J connectivity index is 1.47. The third kappa shape index (κ3) is 4.84. The number of fused-ring (bicyclic) bond motifs is 1. The Bertz CT molecular complexity index is 1170. The number of hydrogen-bond donors (Lipinski definition) is 0. The van der Waals surface area contributed by atoms with E-state index in [1.54, 1.807) is 18.2 Å². The molecule has 0 aliphatic heterocycles. The average Bonchev–Trinajstić information content (AvgIpc) is 3.06. The van der Waals surface area contributed by atoms with Gasteiger partial charge in [-0.15, -0.1) is 0 Å². The molecular formula is C26H20Cl2O3.